The zero-order valence-electron chi connectivity index (χ0n) is 16.3. The molecule has 0 aliphatic rings. The molecule has 5 heteroatoms. The first kappa shape index (κ1) is 18.0. The van der Waals surface area contributed by atoms with Gasteiger partial charge < -0.3 is 10.4 Å². The summed E-state index contributed by atoms with van der Waals surface area (Å²) in [7, 11) is 0. The number of benzene rings is 1. The second kappa shape index (κ2) is 7.00. The summed E-state index contributed by atoms with van der Waals surface area (Å²) >= 11 is 0. The van der Waals surface area contributed by atoms with Crippen molar-refractivity contribution in [1.29, 1.82) is 0 Å². The van der Waals surface area contributed by atoms with Gasteiger partial charge in [-0.15, -0.1) is 0 Å². The van der Waals surface area contributed by atoms with E-state index in [4.69, 9.17) is 0 Å². The van der Waals surface area contributed by atoms with Crippen molar-refractivity contribution < 1.29 is 5.11 Å². The predicted octanol–water partition coefficient (Wildman–Crippen LogP) is 5.04. The maximum absolute atomic E-state index is 10.9. The van der Waals surface area contributed by atoms with Crippen LogP contribution in [0.3, 0.4) is 0 Å². The second-order valence-corrected chi connectivity index (χ2v) is 7.95. The Morgan fingerprint density at radius 1 is 0.964 bits per heavy atom. The summed E-state index contributed by atoms with van der Waals surface area (Å²) in [4.78, 5) is 8.47. The van der Waals surface area contributed by atoms with Gasteiger partial charge in [-0.25, -0.2) is 4.98 Å². The molecule has 0 atom stereocenters. The van der Waals surface area contributed by atoms with Gasteiger partial charge in [-0.2, -0.15) is 0 Å². The van der Waals surface area contributed by atoms with Crippen LogP contribution < -0.4 is 5.32 Å². The Labute approximate surface area is 164 Å². The minimum atomic E-state index is 0.0932. The van der Waals surface area contributed by atoms with Crippen molar-refractivity contribution in [2.75, 3.05) is 5.32 Å². The van der Waals surface area contributed by atoms with Crippen molar-refractivity contribution in [2.45, 2.75) is 32.7 Å². The van der Waals surface area contributed by atoms with Gasteiger partial charge in [0.2, 0.25) is 5.88 Å². The molecule has 0 radical (unpaired) electrons. The molecule has 5 nitrogen and oxygen atoms in total. The first-order chi connectivity index (χ1) is 13.4. The fourth-order valence-electron chi connectivity index (χ4n) is 3.28. The third-order valence-corrected chi connectivity index (χ3v) is 4.92. The van der Waals surface area contributed by atoms with E-state index in [1.165, 1.54) is 5.56 Å². The highest BCUT2D eigenvalue weighted by atomic mass is 16.3. The number of aromatic nitrogens is 3. The lowest BCUT2D eigenvalue weighted by molar-refractivity contribution is 0.448. The van der Waals surface area contributed by atoms with Gasteiger partial charge >= 0.3 is 0 Å². The highest BCUT2D eigenvalue weighted by Crippen LogP contribution is 2.35. The van der Waals surface area contributed by atoms with Crippen molar-refractivity contribution in [3.63, 3.8) is 0 Å². The van der Waals surface area contributed by atoms with Crippen LogP contribution in [0.25, 0.3) is 16.5 Å². The molecule has 4 rings (SSSR count). The van der Waals surface area contributed by atoms with Crippen molar-refractivity contribution >= 4 is 16.6 Å². The van der Waals surface area contributed by atoms with Crippen LogP contribution >= 0.6 is 0 Å². The van der Waals surface area contributed by atoms with Crippen LogP contribution in [0.15, 0.2) is 67.3 Å². The molecule has 0 spiro atoms. The normalized spacial score (nSPS) is 11.7. The number of hydrogen-bond donors (Lipinski definition) is 2. The van der Waals surface area contributed by atoms with Crippen LogP contribution in [-0.4, -0.2) is 19.6 Å². The molecule has 2 N–H and O–H groups in total. The lowest BCUT2D eigenvalue weighted by atomic mass is 9.87. The van der Waals surface area contributed by atoms with Gasteiger partial charge in [0.05, 0.1) is 5.39 Å². The van der Waals surface area contributed by atoms with E-state index in [1.807, 2.05) is 36.5 Å². The lowest BCUT2D eigenvalue weighted by Crippen LogP contribution is -2.10. The molecule has 0 unspecified atom stereocenters. The molecule has 0 aliphatic carbocycles. The van der Waals surface area contributed by atoms with Gasteiger partial charge in [0.1, 0.15) is 5.82 Å². The van der Waals surface area contributed by atoms with Crippen molar-refractivity contribution in [2.24, 2.45) is 0 Å². The Kier molecular flexibility index (Phi) is 4.51. The molecule has 4 aromatic rings. The Bertz CT molecular complexity index is 1090. The molecule has 1 aromatic carbocycles. The van der Waals surface area contributed by atoms with E-state index >= 15 is 0 Å². The SMILES string of the molecule is CC(C)(C)c1ccc(-n2cc3ccnc(NCc4ccncc4)c3c2O)cc1. The monoisotopic (exact) mass is 372 g/mol. The van der Waals surface area contributed by atoms with E-state index in [0.29, 0.717) is 12.4 Å². The Hall–Kier alpha value is -3.34. The highest BCUT2D eigenvalue weighted by Gasteiger charge is 2.16. The molecule has 0 aliphatic heterocycles. The van der Waals surface area contributed by atoms with Crippen molar-refractivity contribution in [1.82, 2.24) is 14.5 Å². The summed E-state index contributed by atoms with van der Waals surface area (Å²) in [5.74, 6) is 0.848. The number of anilines is 1. The number of fused-ring (bicyclic) bond motifs is 1. The fraction of sp³-hybridized carbons (Fsp3) is 0.217. The fourth-order valence-corrected chi connectivity index (χ4v) is 3.28. The number of nitrogens with zero attached hydrogens (tertiary/aromatic N) is 3. The summed E-state index contributed by atoms with van der Waals surface area (Å²) < 4.78 is 1.80. The molecule has 3 aromatic heterocycles. The molecule has 0 amide bonds. The van der Waals surface area contributed by atoms with Gasteiger partial charge in [-0.1, -0.05) is 32.9 Å². The zero-order chi connectivity index (χ0) is 19.7. The van der Waals surface area contributed by atoms with Gasteiger partial charge in [0, 0.05) is 42.4 Å². The van der Waals surface area contributed by atoms with Crippen molar-refractivity contribution in [3.8, 4) is 11.6 Å². The molecular formula is C23H24N4O. The summed E-state index contributed by atoms with van der Waals surface area (Å²) in [6.45, 7) is 7.18. The molecule has 28 heavy (non-hydrogen) atoms. The molecule has 142 valence electrons. The molecule has 0 bridgehead atoms. The number of rotatable bonds is 4. The van der Waals surface area contributed by atoms with Crippen LogP contribution in [0.1, 0.15) is 31.9 Å². The van der Waals surface area contributed by atoms with Crippen LogP contribution in [0.4, 0.5) is 5.82 Å². The Morgan fingerprint density at radius 2 is 1.68 bits per heavy atom. The summed E-state index contributed by atoms with van der Waals surface area (Å²) in [6, 6.07) is 14.1. The van der Waals surface area contributed by atoms with Crippen LogP contribution in [0, 0.1) is 0 Å². The summed E-state index contributed by atoms with van der Waals surface area (Å²) in [5, 5.41) is 15.9. The van der Waals surface area contributed by atoms with E-state index in [-0.39, 0.29) is 11.3 Å². The van der Waals surface area contributed by atoms with Crippen LogP contribution in [-0.2, 0) is 12.0 Å². The second-order valence-electron chi connectivity index (χ2n) is 7.95. The number of pyridine rings is 2. The molecule has 3 heterocycles. The molecule has 0 fully saturated rings. The zero-order valence-corrected chi connectivity index (χ0v) is 16.3. The van der Waals surface area contributed by atoms with Crippen molar-refractivity contribution in [3.05, 3.63) is 78.4 Å². The first-order valence-corrected chi connectivity index (χ1v) is 9.36. The largest absolute Gasteiger partial charge is 0.494 e. The smallest absolute Gasteiger partial charge is 0.207 e. The van der Waals surface area contributed by atoms with Crippen LogP contribution in [0.2, 0.25) is 0 Å². The van der Waals surface area contributed by atoms with Gasteiger partial charge in [-0.05, 0) is 46.9 Å². The quantitative estimate of drug-likeness (QED) is 0.527. The highest BCUT2D eigenvalue weighted by molar-refractivity contribution is 5.97. The average Bonchev–Trinajstić information content (AvgIpc) is 3.04. The molecule has 0 saturated carbocycles. The lowest BCUT2D eigenvalue weighted by Gasteiger charge is -2.19. The maximum atomic E-state index is 10.9. The average molecular weight is 372 g/mol. The van der Waals surface area contributed by atoms with Gasteiger partial charge in [0.25, 0.3) is 0 Å². The predicted molar refractivity (Wildman–Crippen MR) is 113 cm³/mol. The minimum absolute atomic E-state index is 0.0932. The summed E-state index contributed by atoms with van der Waals surface area (Å²) in [5.41, 5.74) is 3.37. The Balaban J connectivity index is 1.69. The van der Waals surface area contributed by atoms with E-state index < -0.39 is 0 Å². The number of aromatic hydroxyl groups is 1. The van der Waals surface area contributed by atoms with Gasteiger partial charge in [0.15, 0.2) is 0 Å². The minimum Gasteiger partial charge on any atom is -0.494 e. The maximum Gasteiger partial charge on any atom is 0.207 e. The number of hydrogen-bond acceptors (Lipinski definition) is 4. The number of nitrogens with one attached hydrogen (secondary N) is 1. The summed E-state index contributed by atoms with van der Waals surface area (Å²) in [6.07, 6.45) is 7.22. The van der Waals surface area contributed by atoms with E-state index in [1.54, 1.807) is 23.2 Å². The van der Waals surface area contributed by atoms with E-state index in [9.17, 15) is 5.11 Å². The Morgan fingerprint density at radius 3 is 2.36 bits per heavy atom. The molecular weight excluding hydrogens is 348 g/mol. The first-order valence-electron chi connectivity index (χ1n) is 9.36. The van der Waals surface area contributed by atoms with E-state index in [2.05, 4.69) is 48.2 Å². The van der Waals surface area contributed by atoms with E-state index in [0.717, 1.165) is 22.0 Å². The third kappa shape index (κ3) is 3.43. The van der Waals surface area contributed by atoms with Crippen LogP contribution in [0.5, 0.6) is 5.88 Å². The topological polar surface area (TPSA) is 63.0 Å². The third-order valence-electron chi connectivity index (χ3n) is 4.92. The molecule has 0 saturated heterocycles. The standard InChI is InChI=1S/C23H24N4O/c1-23(2,3)18-4-6-19(7-5-18)27-15-17-10-13-25-21(20(17)22(27)28)26-14-16-8-11-24-12-9-16/h4-13,15,28H,14H2,1-3H3,(H,25,26). The van der Waals surface area contributed by atoms with Gasteiger partial charge in [-0.3, -0.25) is 9.55 Å².